The van der Waals surface area contributed by atoms with Crippen LogP contribution in [-0.2, 0) is 19.2 Å². The third kappa shape index (κ3) is 4.42. The average Bonchev–Trinajstić information content (AvgIpc) is 3.29. The van der Waals surface area contributed by atoms with Gasteiger partial charge in [0, 0.05) is 46.1 Å². The molecule has 7 rings (SSSR count). The number of para-hydroxylation sites is 1. The van der Waals surface area contributed by atoms with Crippen LogP contribution in [0.15, 0.2) is 106 Å². The zero-order valence-electron chi connectivity index (χ0n) is 23.6. The Morgan fingerprint density at radius 3 is 2.34 bits per heavy atom. The van der Waals surface area contributed by atoms with E-state index in [1.54, 1.807) is 24.3 Å². The lowest BCUT2D eigenvalue weighted by molar-refractivity contribution is -0.123. The minimum Gasteiger partial charge on any atom is -0.507 e. The molecule has 3 aromatic rings. The minimum absolute atomic E-state index is 0.0848. The number of allylic oxidation sites excluding steroid dienone is 6. The zero-order valence-corrected chi connectivity index (χ0v) is 25.2. The number of aromatic hydroxyl groups is 1. The Morgan fingerprint density at radius 1 is 0.909 bits per heavy atom. The molecule has 0 saturated carbocycles. The Hall–Kier alpha value is -4.76. The molecular weight excluding hydrogens is 624 g/mol. The number of halogens is 1. The number of rotatable bonds is 5. The van der Waals surface area contributed by atoms with E-state index in [9.17, 15) is 24.3 Å². The number of carbonyl (C=O) groups is 4. The van der Waals surface area contributed by atoms with E-state index in [-0.39, 0.29) is 40.0 Å². The summed E-state index contributed by atoms with van der Waals surface area (Å²) < 4.78 is 5.41. The summed E-state index contributed by atoms with van der Waals surface area (Å²) in [6, 6.07) is 21.7. The monoisotopic (exact) mass is 650 g/mol. The molecule has 44 heavy (non-hydrogen) atoms. The Kier molecular flexibility index (Phi) is 6.85. The topological polar surface area (TPSA) is 113 Å². The zero-order chi connectivity index (χ0) is 30.7. The lowest BCUT2D eigenvalue weighted by atomic mass is 9.59. The summed E-state index contributed by atoms with van der Waals surface area (Å²) in [7, 11) is 1.49. The third-order valence-corrected chi connectivity index (χ3v) is 9.66. The molecule has 1 aliphatic heterocycles. The predicted molar refractivity (Wildman–Crippen MR) is 168 cm³/mol. The number of nitrogens with zero attached hydrogens (tertiary/aromatic N) is 1. The molecule has 3 aliphatic carbocycles. The Balaban J connectivity index is 1.26. The average molecular weight is 652 g/mol. The first kappa shape index (κ1) is 28.0. The molecule has 4 unspecified atom stereocenters. The molecule has 2 amide bonds. The van der Waals surface area contributed by atoms with Crippen LogP contribution in [0.5, 0.6) is 11.5 Å². The molecule has 0 bridgehead atoms. The lowest BCUT2D eigenvalue weighted by Gasteiger charge is -2.42. The van der Waals surface area contributed by atoms with Crippen molar-refractivity contribution in [2.75, 3.05) is 17.3 Å². The van der Waals surface area contributed by atoms with Crippen LogP contribution in [0.3, 0.4) is 0 Å². The number of hydrogen-bond donors (Lipinski definition) is 2. The highest BCUT2D eigenvalue weighted by atomic mass is 79.9. The highest BCUT2D eigenvalue weighted by Crippen LogP contribution is 2.56. The van der Waals surface area contributed by atoms with Crippen molar-refractivity contribution in [1.29, 1.82) is 0 Å². The molecule has 0 radical (unpaired) electrons. The summed E-state index contributed by atoms with van der Waals surface area (Å²) in [6.07, 6.45) is 3.65. The number of methoxy groups -OCH3 is 1. The SMILES string of the molecule is COc1ccc(C2C3=CCC4C(=O)N(c5ccc(Nc6ccccc6)cc5)C(=O)C4C3CC3=C2C(=O)C=C(Br)C3=O)c(O)c1. The van der Waals surface area contributed by atoms with Crippen LogP contribution in [0.4, 0.5) is 17.1 Å². The van der Waals surface area contributed by atoms with Gasteiger partial charge in [-0.25, -0.2) is 0 Å². The van der Waals surface area contributed by atoms with Gasteiger partial charge < -0.3 is 15.2 Å². The van der Waals surface area contributed by atoms with Crippen molar-refractivity contribution in [3.05, 3.63) is 112 Å². The third-order valence-electron chi connectivity index (χ3n) is 9.07. The molecule has 3 aromatic carbocycles. The van der Waals surface area contributed by atoms with Gasteiger partial charge in [-0.15, -0.1) is 0 Å². The number of hydrogen-bond acceptors (Lipinski definition) is 7. The smallest absolute Gasteiger partial charge is 0.238 e. The molecule has 1 saturated heterocycles. The van der Waals surface area contributed by atoms with Crippen LogP contribution < -0.4 is 15.0 Å². The van der Waals surface area contributed by atoms with Gasteiger partial charge in [-0.05, 0) is 77.2 Å². The van der Waals surface area contributed by atoms with E-state index in [4.69, 9.17) is 4.74 Å². The van der Waals surface area contributed by atoms with Crippen LogP contribution in [0.1, 0.15) is 24.3 Å². The van der Waals surface area contributed by atoms with Crippen LogP contribution in [-0.4, -0.2) is 35.6 Å². The number of nitrogens with one attached hydrogen (secondary N) is 1. The first-order valence-corrected chi connectivity index (χ1v) is 15.1. The van der Waals surface area contributed by atoms with E-state index >= 15 is 0 Å². The Morgan fingerprint density at radius 2 is 1.64 bits per heavy atom. The van der Waals surface area contributed by atoms with E-state index in [2.05, 4.69) is 21.2 Å². The van der Waals surface area contributed by atoms with E-state index < -0.39 is 23.7 Å². The molecule has 0 aromatic heterocycles. The van der Waals surface area contributed by atoms with Crippen LogP contribution >= 0.6 is 15.9 Å². The van der Waals surface area contributed by atoms with Crippen molar-refractivity contribution in [1.82, 2.24) is 0 Å². The van der Waals surface area contributed by atoms with Crippen molar-refractivity contribution < 1.29 is 29.0 Å². The van der Waals surface area contributed by atoms with Gasteiger partial charge in [-0.1, -0.05) is 35.9 Å². The second-order valence-corrected chi connectivity index (χ2v) is 12.2. The van der Waals surface area contributed by atoms with Gasteiger partial charge in [0.2, 0.25) is 11.8 Å². The quantitative estimate of drug-likeness (QED) is 0.195. The van der Waals surface area contributed by atoms with Crippen molar-refractivity contribution >= 4 is 56.4 Å². The Labute approximate surface area is 261 Å². The fourth-order valence-electron chi connectivity index (χ4n) is 7.09. The van der Waals surface area contributed by atoms with Gasteiger partial charge in [-0.3, -0.25) is 24.1 Å². The number of benzene rings is 3. The summed E-state index contributed by atoms with van der Waals surface area (Å²) in [6.45, 7) is 0. The second-order valence-electron chi connectivity index (χ2n) is 11.4. The van der Waals surface area contributed by atoms with E-state index in [1.165, 1.54) is 24.2 Å². The largest absolute Gasteiger partial charge is 0.507 e. The fourth-order valence-corrected chi connectivity index (χ4v) is 7.54. The van der Waals surface area contributed by atoms with Gasteiger partial charge in [0.05, 0.1) is 29.1 Å². The number of Topliss-reactive ketones (excluding diaryl/α,β-unsaturated/α-hetero) is 1. The van der Waals surface area contributed by atoms with Gasteiger partial charge in [0.1, 0.15) is 11.5 Å². The molecule has 8 nitrogen and oxygen atoms in total. The normalized spacial score (nSPS) is 24.4. The number of ketones is 2. The minimum atomic E-state index is -0.746. The van der Waals surface area contributed by atoms with Crippen molar-refractivity contribution in [2.45, 2.75) is 18.8 Å². The maximum absolute atomic E-state index is 14.2. The Bertz CT molecular complexity index is 1840. The first-order valence-electron chi connectivity index (χ1n) is 14.3. The summed E-state index contributed by atoms with van der Waals surface area (Å²) in [5.74, 6) is -3.47. The number of ether oxygens (including phenoxy) is 1. The number of phenolic OH excluding ortho intramolecular Hbond substituents is 1. The fraction of sp³-hybridized carbons (Fsp3) is 0.200. The highest BCUT2D eigenvalue weighted by Gasteiger charge is 2.56. The number of anilines is 3. The van der Waals surface area contributed by atoms with Crippen molar-refractivity contribution in [2.24, 2.45) is 17.8 Å². The number of phenols is 1. The van der Waals surface area contributed by atoms with Crippen molar-refractivity contribution in [3.8, 4) is 11.5 Å². The predicted octanol–water partition coefficient (Wildman–Crippen LogP) is 6.11. The molecule has 1 fully saturated rings. The molecule has 1 heterocycles. The molecule has 4 aliphatic rings. The summed E-state index contributed by atoms with van der Waals surface area (Å²) in [5.41, 5.74) is 4.02. The highest BCUT2D eigenvalue weighted by molar-refractivity contribution is 9.12. The van der Waals surface area contributed by atoms with E-state index in [1.807, 2.05) is 48.5 Å². The molecular formula is C35H27BrN2O6. The number of imide groups is 1. The summed E-state index contributed by atoms with van der Waals surface area (Å²) >= 11 is 3.24. The maximum atomic E-state index is 14.2. The number of amides is 2. The first-order chi connectivity index (χ1) is 21.3. The number of fused-ring (bicyclic) bond motifs is 3. The van der Waals surface area contributed by atoms with Crippen LogP contribution in [0.25, 0.3) is 0 Å². The molecule has 220 valence electrons. The maximum Gasteiger partial charge on any atom is 0.238 e. The second kappa shape index (κ2) is 10.7. The standard InChI is InChI=1S/C35H27BrN2O6/c1-44-21-11-12-23(28(39)15-21)30-22-13-14-24-31(25(22)16-26-32(30)29(40)17-27(36)33(26)41)35(43)38(34(24)42)20-9-7-19(8-10-20)37-18-5-3-2-4-6-18/h2-13,15,17,24-25,30-31,37,39H,14,16H2,1H3. The molecule has 0 spiro atoms. The summed E-state index contributed by atoms with van der Waals surface area (Å²) in [4.78, 5) is 56.0. The summed E-state index contributed by atoms with van der Waals surface area (Å²) in [5, 5.41) is 14.4. The van der Waals surface area contributed by atoms with Crippen LogP contribution in [0.2, 0.25) is 0 Å². The van der Waals surface area contributed by atoms with Gasteiger partial charge in [0.25, 0.3) is 0 Å². The molecule has 4 atom stereocenters. The lowest BCUT2D eigenvalue weighted by Crippen LogP contribution is -2.39. The molecule has 9 heteroatoms. The van der Waals surface area contributed by atoms with Crippen LogP contribution in [0, 0.1) is 17.8 Å². The molecule has 2 N–H and O–H groups in total. The van der Waals surface area contributed by atoms with E-state index in [0.29, 0.717) is 34.6 Å². The van der Waals surface area contributed by atoms with E-state index in [0.717, 1.165) is 16.9 Å². The van der Waals surface area contributed by atoms with Crippen molar-refractivity contribution in [3.63, 3.8) is 0 Å². The van der Waals surface area contributed by atoms with Gasteiger partial charge in [-0.2, -0.15) is 0 Å². The van der Waals surface area contributed by atoms with Gasteiger partial charge >= 0.3 is 0 Å². The van der Waals surface area contributed by atoms with Gasteiger partial charge in [0.15, 0.2) is 11.6 Å². The number of carbonyl (C=O) groups excluding carboxylic acids is 4.